The first kappa shape index (κ1) is 25.1. The average molecular weight is 509 g/mol. The van der Waals surface area contributed by atoms with Gasteiger partial charge in [0.05, 0.1) is 30.9 Å². The van der Waals surface area contributed by atoms with Crippen molar-refractivity contribution in [2.24, 2.45) is 5.73 Å². The number of ether oxygens (including phenoxy) is 4. The van der Waals surface area contributed by atoms with E-state index in [0.717, 1.165) is 39.0 Å². The van der Waals surface area contributed by atoms with Crippen LogP contribution in [0.1, 0.15) is 28.8 Å². The van der Waals surface area contributed by atoms with Crippen LogP contribution in [0.5, 0.6) is 23.0 Å². The molecule has 10 nitrogen and oxygen atoms in total. The maximum absolute atomic E-state index is 13.8. The van der Waals surface area contributed by atoms with Crippen molar-refractivity contribution in [2.45, 2.75) is 19.4 Å². The summed E-state index contributed by atoms with van der Waals surface area (Å²) in [5, 5.41) is 7.65. The number of carbonyl (C=O) groups excluding carboxylic acids is 1. The number of hydrogen-bond donors (Lipinski definition) is 3. The fourth-order valence-corrected chi connectivity index (χ4v) is 5.01. The van der Waals surface area contributed by atoms with Crippen LogP contribution in [-0.2, 0) is 6.54 Å². The second kappa shape index (κ2) is 10.8. The number of rotatable bonds is 12. The van der Waals surface area contributed by atoms with Crippen LogP contribution in [0, 0.1) is 0 Å². The lowest BCUT2D eigenvalue weighted by Crippen LogP contribution is -2.28. The summed E-state index contributed by atoms with van der Waals surface area (Å²) in [6.07, 6.45) is 1.71. The Morgan fingerprint density at radius 1 is 0.865 bits per heavy atom. The van der Waals surface area contributed by atoms with Crippen LogP contribution in [-0.4, -0.2) is 64.1 Å². The topological polar surface area (TPSA) is 126 Å². The van der Waals surface area contributed by atoms with E-state index in [4.69, 9.17) is 24.7 Å². The van der Waals surface area contributed by atoms with Crippen molar-refractivity contribution in [3.8, 4) is 34.3 Å². The number of hydrogen-bond acceptors (Lipinski definition) is 9. The van der Waals surface area contributed by atoms with E-state index in [0.29, 0.717) is 69.2 Å². The molecule has 0 saturated heterocycles. The second-order valence-electron chi connectivity index (χ2n) is 9.01. The second-order valence-corrected chi connectivity index (χ2v) is 9.01. The molecule has 0 atom stereocenters. The molecule has 1 aromatic heterocycles. The summed E-state index contributed by atoms with van der Waals surface area (Å²) in [5.74, 6) is 1.83. The molecule has 0 unspecified atom stereocenters. The quantitative estimate of drug-likeness (QED) is 0.246. The molecule has 2 heterocycles. The number of nitrogens with two attached hydrogens (primary N) is 1. The Hall–Kier alpha value is -3.60. The molecule has 0 spiro atoms. The van der Waals surface area contributed by atoms with Gasteiger partial charge in [-0.1, -0.05) is 0 Å². The molecule has 5 rings (SSSR count). The summed E-state index contributed by atoms with van der Waals surface area (Å²) in [6.45, 7) is 4.51. The molecule has 0 amide bonds. The van der Waals surface area contributed by atoms with Crippen molar-refractivity contribution in [2.75, 3.05) is 53.7 Å². The molecule has 10 heteroatoms. The molecular formula is C27H32N4O6. The van der Waals surface area contributed by atoms with Crippen LogP contribution in [0.3, 0.4) is 0 Å². The predicted molar refractivity (Wildman–Crippen MR) is 140 cm³/mol. The Morgan fingerprint density at radius 3 is 2.16 bits per heavy atom. The highest BCUT2D eigenvalue weighted by Crippen LogP contribution is 2.46. The summed E-state index contributed by atoms with van der Waals surface area (Å²) in [5.41, 5.74) is 7.57. The lowest BCUT2D eigenvalue weighted by Gasteiger charge is -2.17. The van der Waals surface area contributed by atoms with Crippen molar-refractivity contribution in [3.63, 3.8) is 0 Å². The minimum atomic E-state index is -0.181. The van der Waals surface area contributed by atoms with Crippen molar-refractivity contribution in [1.29, 1.82) is 0 Å². The predicted octanol–water partition coefficient (Wildman–Crippen LogP) is 1.88. The zero-order valence-electron chi connectivity index (χ0n) is 21.1. The number of pyridine rings is 1. The minimum absolute atomic E-state index is 0.105. The number of aromatic nitrogens is 1. The number of fused-ring (bicyclic) bond motifs is 6. The van der Waals surface area contributed by atoms with Crippen LogP contribution in [0.4, 0.5) is 0 Å². The summed E-state index contributed by atoms with van der Waals surface area (Å²) >= 11 is 0. The van der Waals surface area contributed by atoms with Gasteiger partial charge in [0.15, 0.2) is 28.8 Å². The smallest absolute Gasteiger partial charge is 0.259 e. The third-order valence-corrected chi connectivity index (χ3v) is 6.78. The van der Waals surface area contributed by atoms with Gasteiger partial charge < -0.3 is 39.9 Å². The zero-order chi connectivity index (χ0) is 25.9. The maximum Gasteiger partial charge on any atom is 0.259 e. The third-order valence-electron chi connectivity index (χ3n) is 6.78. The summed E-state index contributed by atoms with van der Waals surface area (Å²) in [6, 6.07) is 6.88. The SMILES string of the molecule is COc1cc2c3c(n(CCCNCCCNCCN)c(=O)c2cc1OC)-c1cc2c(cc1C3=O)OCO2. The van der Waals surface area contributed by atoms with E-state index in [-0.39, 0.29) is 18.1 Å². The van der Waals surface area contributed by atoms with E-state index < -0.39 is 0 Å². The molecule has 0 saturated carbocycles. The van der Waals surface area contributed by atoms with E-state index >= 15 is 0 Å². The molecule has 1 aliphatic carbocycles. The van der Waals surface area contributed by atoms with E-state index in [2.05, 4.69) is 10.6 Å². The Kier molecular flexibility index (Phi) is 7.31. The Morgan fingerprint density at radius 2 is 1.49 bits per heavy atom. The molecule has 4 N–H and O–H groups in total. The van der Waals surface area contributed by atoms with Crippen LogP contribution in [0.2, 0.25) is 0 Å². The van der Waals surface area contributed by atoms with Crippen molar-refractivity contribution < 1.29 is 23.7 Å². The number of ketones is 1. The maximum atomic E-state index is 13.8. The van der Waals surface area contributed by atoms with Crippen molar-refractivity contribution >= 4 is 16.6 Å². The monoisotopic (exact) mass is 508 g/mol. The summed E-state index contributed by atoms with van der Waals surface area (Å²) < 4.78 is 23.7. The Bertz CT molecular complexity index is 1400. The standard InChI is InChI=1S/C27H32N4O6/c1-34-20-11-16-19(14-21(20)35-2)27(33)31(10-4-8-29-6-3-7-30-9-5-28)25-17-12-22-23(37-15-36-22)13-18(17)26(32)24(16)25/h11-14,29-30H,3-10,15,28H2,1-2H3. The molecular weight excluding hydrogens is 476 g/mol. The third kappa shape index (κ3) is 4.52. The number of carbonyl (C=O) groups is 1. The fraction of sp³-hybridized carbons (Fsp3) is 0.407. The molecule has 1 aliphatic heterocycles. The number of nitrogens with one attached hydrogen (secondary N) is 2. The van der Waals surface area contributed by atoms with Gasteiger partial charge in [0, 0.05) is 36.1 Å². The lowest BCUT2D eigenvalue weighted by molar-refractivity contribution is 0.104. The first-order valence-electron chi connectivity index (χ1n) is 12.5. The summed E-state index contributed by atoms with van der Waals surface area (Å²) in [4.78, 5) is 27.6. The molecule has 0 radical (unpaired) electrons. The molecule has 196 valence electrons. The number of nitrogens with zero attached hydrogens (tertiary/aromatic N) is 1. The van der Waals surface area contributed by atoms with Crippen LogP contribution in [0.25, 0.3) is 22.0 Å². The van der Waals surface area contributed by atoms with Crippen LogP contribution in [0.15, 0.2) is 29.1 Å². The normalized spacial score (nSPS) is 13.2. The zero-order valence-corrected chi connectivity index (χ0v) is 21.1. The highest BCUT2D eigenvalue weighted by Gasteiger charge is 2.35. The highest BCUT2D eigenvalue weighted by atomic mass is 16.7. The van der Waals surface area contributed by atoms with E-state index in [1.54, 1.807) is 28.8 Å². The lowest BCUT2D eigenvalue weighted by atomic mass is 10.0. The largest absolute Gasteiger partial charge is 0.493 e. The fourth-order valence-electron chi connectivity index (χ4n) is 5.01. The number of benzene rings is 2. The van der Waals surface area contributed by atoms with Gasteiger partial charge in [-0.3, -0.25) is 9.59 Å². The van der Waals surface area contributed by atoms with Gasteiger partial charge in [0.1, 0.15) is 0 Å². The minimum Gasteiger partial charge on any atom is -0.493 e. The average Bonchev–Trinajstić information content (AvgIpc) is 3.49. The van der Waals surface area contributed by atoms with Gasteiger partial charge in [-0.15, -0.1) is 0 Å². The number of methoxy groups -OCH3 is 2. The van der Waals surface area contributed by atoms with Crippen LogP contribution < -0.4 is 40.9 Å². The first-order chi connectivity index (χ1) is 18.1. The van der Waals surface area contributed by atoms with E-state index in [1.807, 2.05) is 0 Å². The Labute approximate surface area is 214 Å². The van der Waals surface area contributed by atoms with Crippen molar-refractivity contribution in [3.05, 3.63) is 45.7 Å². The first-order valence-corrected chi connectivity index (χ1v) is 12.5. The van der Waals surface area contributed by atoms with E-state index in [1.165, 1.54) is 14.2 Å². The van der Waals surface area contributed by atoms with Gasteiger partial charge in [-0.25, -0.2) is 0 Å². The molecule has 37 heavy (non-hydrogen) atoms. The van der Waals surface area contributed by atoms with Crippen LogP contribution >= 0.6 is 0 Å². The van der Waals surface area contributed by atoms with Gasteiger partial charge in [-0.05, 0) is 56.7 Å². The summed E-state index contributed by atoms with van der Waals surface area (Å²) in [7, 11) is 3.05. The van der Waals surface area contributed by atoms with E-state index in [9.17, 15) is 9.59 Å². The van der Waals surface area contributed by atoms with Gasteiger partial charge in [0.25, 0.3) is 5.56 Å². The van der Waals surface area contributed by atoms with Gasteiger partial charge in [0.2, 0.25) is 6.79 Å². The molecule has 3 aromatic rings. The van der Waals surface area contributed by atoms with Crippen molar-refractivity contribution in [1.82, 2.24) is 15.2 Å². The molecule has 0 fully saturated rings. The molecule has 2 aromatic carbocycles. The molecule has 0 bridgehead atoms. The Balaban J connectivity index is 1.51. The highest BCUT2D eigenvalue weighted by molar-refractivity contribution is 6.27. The molecule has 2 aliphatic rings. The van der Waals surface area contributed by atoms with Gasteiger partial charge >= 0.3 is 0 Å². The van der Waals surface area contributed by atoms with Gasteiger partial charge in [-0.2, -0.15) is 0 Å².